The minimum absolute atomic E-state index is 0.361. The van der Waals surface area contributed by atoms with Crippen molar-refractivity contribution < 1.29 is 4.42 Å². The van der Waals surface area contributed by atoms with E-state index in [0.29, 0.717) is 24.5 Å². The third kappa shape index (κ3) is 4.53. The molecule has 0 saturated carbocycles. The molecule has 2 N–H and O–H groups in total. The van der Waals surface area contributed by atoms with Crippen LogP contribution in [-0.2, 0) is 6.54 Å². The van der Waals surface area contributed by atoms with Crippen molar-refractivity contribution in [2.24, 2.45) is 0 Å². The molecule has 0 aliphatic carbocycles. The Morgan fingerprint density at radius 1 is 1.47 bits per heavy atom. The van der Waals surface area contributed by atoms with Crippen molar-refractivity contribution in [3.63, 3.8) is 0 Å². The Hall–Kier alpha value is -0.750. The van der Waals surface area contributed by atoms with Crippen LogP contribution in [0.25, 0.3) is 0 Å². The minimum atomic E-state index is 0.361. The van der Waals surface area contributed by atoms with Gasteiger partial charge in [0.2, 0.25) is 5.89 Å². The highest BCUT2D eigenvalue weighted by Gasteiger charge is 2.07. The molecule has 1 heterocycles. The smallest absolute Gasteiger partial charge is 0.315 e. The van der Waals surface area contributed by atoms with Gasteiger partial charge in [0.15, 0.2) is 0 Å². The molecule has 1 aromatic rings. The lowest BCUT2D eigenvalue weighted by atomic mass is 10.3. The number of anilines is 1. The zero-order chi connectivity index (χ0) is 11.1. The molecule has 86 valence electrons. The summed E-state index contributed by atoms with van der Waals surface area (Å²) in [7, 11) is 1.85. The average Bonchev–Trinajstić information content (AvgIpc) is 2.63. The summed E-state index contributed by atoms with van der Waals surface area (Å²) >= 11 is 1.84. The van der Waals surface area contributed by atoms with Crippen molar-refractivity contribution >= 4 is 17.8 Å². The van der Waals surface area contributed by atoms with Crippen molar-refractivity contribution in [3.05, 3.63) is 5.89 Å². The van der Waals surface area contributed by atoms with E-state index >= 15 is 0 Å². The van der Waals surface area contributed by atoms with Crippen LogP contribution in [0.4, 0.5) is 6.01 Å². The molecule has 0 spiro atoms. The van der Waals surface area contributed by atoms with Crippen molar-refractivity contribution in [2.45, 2.75) is 25.9 Å². The zero-order valence-corrected chi connectivity index (χ0v) is 10.2. The highest BCUT2D eigenvalue weighted by atomic mass is 32.2. The average molecular weight is 230 g/mol. The molecule has 1 rings (SSSR count). The van der Waals surface area contributed by atoms with Crippen molar-refractivity contribution in [3.8, 4) is 0 Å². The molecule has 0 aliphatic heterocycles. The van der Waals surface area contributed by atoms with Crippen molar-refractivity contribution in [1.29, 1.82) is 0 Å². The molecule has 0 bridgehead atoms. The normalized spacial score (nSPS) is 12.7. The van der Waals surface area contributed by atoms with Crippen LogP contribution < -0.4 is 10.6 Å². The Bertz CT molecular complexity index is 279. The van der Waals surface area contributed by atoms with Gasteiger partial charge in [-0.15, -0.1) is 5.10 Å². The SMILES string of the molecule is CNCc1nnc(NC(C)CCSC)o1. The maximum absolute atomic E-state index is 5.37. The maximum atomic E-state index is 5.37. The van der Waals surface area contributed by atoms with Crippen LogP contribution in [0.15, 0.2) is 4.42 Å². The molecule has 0 saturated heterocycles. The largest absolute Gasteiger partial charge is 0.407 e. The van der Waals surface area contributed by atoms with E-state index in [-0.39, 0.29) is 0 Å². The fraction of sp³-hybridized carbons (Fsp3) is 0.778. The fourth-order valence-electron chi connectivity index (χ4n) is 1.11. The first-order valence-electron chi connectivity index (χ1n) is 4.98. The summed E-state index contributed by atoms with van der Waals surface area (Å²) in [5, 5.41) is 13.9. The molecule has 1 unspecified atom stereocenters. The zero-order valence-electron chi connectivity index (χ0n) is 9.41. The van der Waals surface area contributed by atoms with Gasteiger partial charge in [-0.3, -0.25) is 0 Å². The molecule has 0 amide bonds. The van der Waals surface area contributed by atoms with Gasteiger partial charge in [-0.1, -0.05) is 5.10 Å². The van der Waals surface area contributed by atoms with Gasteiger partial charge in [0.25, 0.3) is 0 Å². The monoisotopic (exact) mass is 230 g/mol. The topological polar surface area (TPSA) is 63.0 Å². The first-order valence-corrected chi connectivity index (χ1v) is 6.38. The summed E-state index contributed by atoms with van der Waals surface area (Å²) in [6.45, 7) is 2.71. The lowest BCUT2D eigenvalue weighted by Crippen LogP contribution is -2.16. The molecule has 1 aromatic heterocycles. The van der Waals surface area contributed by atoms with Gasteiger partial charge in [-0.25, -0.2) is 0 Å². The molecule has 6 heteroatoms. The minimum Gasteiger partial charge on any atom is -0.407 e. The van der Waals surface area contributed by atoms with Gasteiger partial charge >= 0.3 is 6.01 Å². The molecule has 1 atom stereocenters. The van der Waals surface area contributed by atoms with Gasteiger partial charge in [-0.2, -0.15) is 11.8 Å². The summed E-state index contributed by atoms with van der Waals surface area (Å²) in [5.74, 6) is 1.74. The van der Waals surface area contributed by atoms with Crippen LogP contribution >= 0.6 is 11.8 Å². The van der Waals surface area contributed by atoms with E-state index in [1.807, 2.05) is 18.8 Å². The van der Waals surface area contributed by atoms with Crippen LogP contribution in [0.2, 0.25) is 0 Å². The second-order valence-corrected chi connectivity index (χ2v) is 4.34. The number of rotatable bonds is 7. The number of nitrogens with zero attached hydrogens (tertiary/aromatic N) is 2. The van der Waals surface area contributed by atoms with E-state index in [2.05, 4.69) is 34.0 Å². The Labute approximate surface area is 94.4 Å². The van der Waals surface area contributed by atoms with E-state index in [1.54, 1.807) is 0 Å². The highest BCUT2D eigenvalue weighted by molar-refractivity contribution is 7.98. The summed E-state index contributed by atoms with van der Waals surface area (Å²) in [6.07, 6.45) is 3.19. The number of hydrogen-bond donors (Lipinski definition) is 2. The predicted molar refractivity (Wildman–Crippen MR) is 63.1 cm³/mol. The van der Waals surface area contributed by atoms with Crippen molar-refractivity contribution in [1.82, 2.24) is 15.5 Å². The van der Waals surface area contributed by atoms with E-state index < -0.39 is 0 Å². The lowest BCUT2D eigenvalue weighted by Gasteiger charge is -2.09. The fourth-order valence-corrected chi connectivity index (χ4v) is 1.70. The molecule has 0 radical (unpaired) electrons. The highest BCUT2D eigenvalue weighted by Crippen LogP contribution is 2.09. The van der Waals surface area contributed by atoms with E-state index in [9.17, 15) is 0 Å². The van der Waals surface area contributed by atoms with Crippen molar-refractivity contribution in [2.75, 3.05) is 24.4 Å². The van der Waals surface area contributed by atoms with Gasteiger partial charge in [0, 0.05) is 6.04 Å². The Morgan fingerprint density at radius 3 is 2.93 bits per heavy atom. The van der Waals surface area contributed by atoms with Gasteiger partial charge in [-0.05, 0) is 32.4 Å². The molecular weight excluding hydrogens is 212 g/mol. The summed E-state index contributed by atoms with van der Waals surface area (Å²) in [4.78, 5) is 0. The standard InChI is InChI=1S/C9H18N4OS/c1-7(4-5-15-3)11-9-13-12-8(14-9)6-10-2/h7,10H,4-6H2,1-3H3,(H,11,13). The first kappa shape index (κ1) is 12.3. The van der Waals surface area contributed by atoms with Gasteiger partial charge < -0.3 is 15.1 Å². The van der Waals surface area contributed by atoms with Crippen LogP contribution in [-0.4, -0.2) is 35.3 Å². The summed E-state index contributed by atoms with van der Waals surface area (Å²) in [6, 6.07) is 0.870. The Morgan fingerprint density at radius 2 is 2.27 bits per heavy atom. The van der Waals surface area contributed by atoms with E-state index in [4.69, 9.17) is 4.42 Å². The Kier molecular flexibility index (Phi) is 5.49. The van der Waals surface area contributed by atoms with Crippen LogP contribution in [0.5, 0.6) is 0 Å². The molecule has 0 aromatic carbocycles. The second kappa shape index (κ2) is 6.68. The summed E-state index contributed by atoms with van der Waals surface area (Å²) < 4.78 is 5.37. The third-order valence-electron chi connectivity index (χ3n) is 1.92. The third-order valence-corrected chi connectivity index (χ3v) is 2.56. The van der Waals surface area contributed by atoms with E-state index in [0.717, 1.165) is 12.2 Å². The number of nitrogens with one attached hydrogen (secondary N) is 2. The number of aromatic nitrogens is 2. The van der Waals surface area contributed by atoms with Crippen LogP contribution in [0.3, 0.4) is 0 Å². The quantitative estimate of drug-likeness (QED) is 0.737. The predicted octanol–water partition coefficient (Wildman–Crippen LogP) is 1.34. The lowest BCUT2D eigenvalue weighted by molar-refractivity contribution is 0.485. The van der Waals surface area contributed by atoms with Gasteiger partial charge in [0.05, 0.1) is 6.54 Å². The molecule has 0 aliphatic rings. The molecular formula is C9H18N4OS. The first-order chi connectivity index (χ1) is 7.26. The number of hydrogen-bond acceptors (Lipinski definition) is 6. The molecule has 0 fully saturated rings. The van der Waals surface area contributed by atoms with Gasteiger partial charge in [0.1, 0.15) is 0 Å². The van der Waals surface area contributed by atoms with Crippen LogP contribution in [0, 0.1) is 0 Å². The van der Waals surface area contributed by atoms with Crippen LogP contribution in [0.1, 0.15) is 19.2 Å². The molecule has 5 nitrogen and oxygen atoms in total. The Balaban J connectivity index is 2.35. The number of thioether (sulfide) groups is 1. The summed E-state index contributed by atoms with van der Waals surface area (Å²) in [5.41, 5.74) is 0. The molecule has 15 heavy (non-hydrogen) atoms. The second-order valence-electron chi connectivity index (χ2n) is 3.36. The van der Waals surface area contributed by atoms with E-state index in [1.165, 1.54) is 0 Å². The maximum Gasteiger partial charge on any atom is 0.315 e.